The zero-order chi connectivity index (χ0) is 10.1. The maximum atomic E-state index is 4.72. The first-order valence-electron chi connectivity index (χ1n) is 4.45. The van der Waals surface area contributed by atoms with Gasteiger partial charge in [-0.2, -0.15) is 0 Å². The van der Waals surface area contributed by atoms with Crippen LogP contribution in [0.15, 0.2) is 4.99 Å². The van der Waals surface area contributed by atoms with Gasteiger partial charge in [0.2, 0.25) is 0 Å². The molecule has 0 aliphatic carbocycles. The molecule has 13 heavy (non-hydrogen) atoms. The quantitative estimate of drug-likeness (QED) is 0.229. The summed E-state index contributed by atoms with van der Waals surface area (Å²) in [5.41, 5.74) is 0. The molecule has 0 radical (unpaired) electrons. The lowest BCUT2D eigenvalue weighted by atomic mass is 10.4. The van der Waals surface area contributed by atoms with Gasteiger partial charge in [-0.25, -0.2) is 4.99 Å². The Balaban J connectivity index is 3.54. The maximum Gasteiger partial charge on any atom is 0.296 e. The molecule has 0 heterocycles. The molecule has 0 unspecified atom stereocenters. The van der Waals surface area contributed by atoms with Crippen molar-refractivity contribution < 1.29 is 4.18 Å². The number of rotatable bonds is 5. The minimum absolute atomic E-state index is 0.504. The van der Waals surface area contributed by atoms with Crippen molar-refractivity contribution in [1.29, 1.82) is 0 Å². The lowest BCUT2D eigenvalue weighted by molar-refractivity contribution is 0.402. The van der Waals surface area contributed by atoms with Crippen LogP contribution in [0.3, 0.4) is 0 Å². The van der Waals surface area contributed by atoms with Gasteiger partial charge in [0.1, 0.15) is 0 Å². The van der Waals surface area contributed by atoms with Gasteiger partial charge < -0.3 is 14.4 Å². The van der Waals surface area contributed by atoms with E-state index in [9.17, 15) is 0 Å². The molecule has 0 aromatic rings. The van der Waals surface area contributed by atoms with Crippen molar-refractivity contribution in [3.8, 4) is 0 Å². The molecule has 5 heteroatoms. The van der Waals surface area contributed by atoms with E-state index in [2.05, 4.69) is 28.1 Å². The van der Waals surface area contributed by atoms with Crippen molar-refractivity contribution in [1.82, 2.24) is 10.2 Å². The number of aliphatic imine (C=N–C) groups is 1. The Hall–Kier alpha value is -0.420. The van der Waals surface area contributed by atoms with Crippen LogP contribution in [-0.2, 0) is 4.18 Å². The summed E-state index contributed by atoms with van der Waals surface area (Å²) in [6.45, 7) is 4.59. The van der Waals surface area contributed by atoms with Crippen LogP contribution in [0.4, 0.5) is 0 Å². The van der Waals surface area contributed by atoms with Crippen LogP contribution in [0.1, 0.15) is 13.3 Å². The summed E-state index contributed by atoms with van der Waals surface area (Å²) in [6.07, 6.45) is 1.03. The topological polar surface area (TPSA) is 36.9 Å². The van der Waals surface area contributed by atoms with Crippen molar-refractivity contribution >= 4 is 18.9 Å². The Bertz CT molecular complexity index is 150. The average Bonchev–Trinajstić information content (AvgIpc) is 2.10. The van der Waals surface area contributed by atoms with Crippen molar-refractivity contribution in [2.45, 2.75) is 13.3 Å². The Morgan fingerprint density at radius 1 is 1.54 bits per heavy atom. The van der Waals surface area contributed by atoms with E-state index in [-0.39, 0.29) is 0 Å². The van der Waals surface area contributed by atoms with Crippen molar-refractivity contribution in [3.63, 3.8) is 0 Å². The number of hydrogen-bond donors (Lipinski definition) is 2. The molecule has 78 valence electrons. The molecule has 0 spiro atoms. The second-order valence-electron chi connectivity index (χ2n) is 2.97. The summed E-state index contributed by atoms with van der Waals surface area (Å²) < 4.78 is 4.72. The number of hydrogen-bond acceptors (Lipinski definition) is 4. The molecule has 0 atom stereocenters. The van der Waals surface area contributed by atoms with Gasteiger partial charge in [0.05, 0.1) is 0 Å². The summed E-state index contributed by atoms with van der Waals surface area (Å²) in [4.78, 5) is 6.31. The molecule has 0 rings (SSSR count). The van der Waals surface area contributed by atoms with Crippen LogP contribution < -0.4 is 5.32 Å². The standard InChI is InChI=1S/C8H19N3OS/c1-4-9-8(12-13)10-6-5-7-11(2)3/h13H,4-7H2,1-3H3,(H,9,10). The fourth-order valence-corrected chi connectivity index (χ4v) is 0.958. The predicted octanol–water partition coefficient (Wildman–Crippen LogP) is 0.765. The van der Waals surface area contributed by atoms with Crippen LogP contribution in [0.5, 0.6) is 0 Å². The molecule has 0 saturated heterocycles. The highest BCUT2D eigenvalue weighted by Gasteiger charge is 1.94. The minimum Gasteiger partial charge on any atom is -0.394 e. The molecule has 0 aliphatic rings. The molecular formula is C8H19N3OS. The zero-order valence-corrected chi connectivity index (χ0v) is 9.47. The summed E-state index contributed by atoms with van der Waals surface area (Å²) in [6, 6.07) is 0.504. The van der Waals surface area contributed by atoms with Crippen molar-refractivity contribution in [2.24, 2.45) is 4.99 Å². The van der Waals surface area contributed by atoms with Crippen LogP contribution in [-0.4, -0.2) is 44.7 Å². The molecule has 0 saturated carbocycles. The molecule has 0 fully saturated rings. The van der Waals surface area contributed by atoms with E-state index in [4.69, 9.17) is 4.18 Å². The van der Waals surface area contributed by atoms with Crippen molar-refractivity contribution in [2.75, 3.05) is 33.7 Å². The van der Waals surface area contributed by atoms with Gasteiger partial charge in [0, 0.05) is 26.0 Å². The molecule has 0 bridgehead atoms. The van der Waals surface area contributed by atoms with E-state index < -0.39 is 0 Å². The van der Waals surface area contributed by atoms with Gasteiger partial charge in [-0.05, 0) is 34.0 Å². The van der Waals surface area contributed by atoms with Gasteiger partial charge in [-0.1, -0.05) is 0 Å². The Kier molecular flexibility index (Phi) is 7.93. The van der Waals surface area contributed by atoms with Gasteiger partial charge in [0.25, 0.3) is 6.02 Å². The van der Waals surface area contributed by atoms with Crippen LogP contribution in [0.2, 0.25) is 0 Å². The van der Waals surface area contributed by atoms with Gasteiger partial charge in [-0.15, -0.1) is 0 Å². The van der Waals surface area contributed by atoms with Gasteiger partial charge in [-0.3, -0.25) is 0 Å². The lowest BCUT2D eigenvalue weighted by Crippen LogP contribution is -2.23. The summed E-state index contributed by atoms with van der Waals surface area (Å²) in [5.74, 6) is 0. The number of thiol groups is 1. The Morgan fingerprint density at radius 2 is 2.23 bits per heavy atom. The third-order valence-electron chi connectivity index (χ3n) is 1.43. The highest BCUT2D eigenvalue weighted by atomic mass is 32.1. The largest absolute Gasteiger partial charge is 0.394 e. The second kappa shape index (κ2) is 8.19. The smallest absolute Gasteiger partial charge is 0.296 e. The Morgan fingerprint density at radius 3 is 2.69 bits per heavy atom. The number of amidine groups is 1. The normalized spacial score (nSPS) is 11.9. The average molecular weight is 205 g/mol. The third kappa shape index (κ3) is 7.93. The van der Waals surface area contributed by atoms with E-state index in [1.165, 1.54) is 0 Å². The molecule has 1 N–H and O–H groups in total. The number of nitrogens with zero attached hydrogens (tertiary/aromatic N) is 2. The monoisotopic (exact) mass is 205 g/mol. The summed E-state index contributed by atoms with van der Waals surface area (Å²) >= 11 is 3.69. The molecular weight excluding hydrogens is 186 g/mol. The minimum atomic E-state index is 0.504. The summed E-state index contributed by atoms with van der Waals surface area (Å²) in [7, 11) is 4.09. The SMILES string of the molecule is CCNC(=NCCCN(C)C)OS. The van der Waals surface area contributed by atoms with Crippen molar-refractivity contribution in [3.05, 3.63) is 0 Å². The highest BCUT2D eigenvalue weighted by Crippen LogP contribution is 1.88. The van der Waals surface area contributed by atoms with E-state index in [0.29, 0.717) is 6.02 Å². The second-order valence-corrected chi connectivity index (χ2v) is 3.15. The molecule has 0 aromatic carbocycles. The molecule has 0 aromatic heterocycles. The first kappa shape index (κ1) is 12.6. The first-order valence-corrected chi connectivity index (χ1v) is 4.81. The van der Waals surface area contributed by atoms with Crippen LogP contribution in [0.25, 0.3) is 0 Å². The van der Waals surface area contributed by atoms with Gasteiger partial charge >= 0.3 is 0 Å². The molecule has 0 aliphatic heterocycles. The van der Waals surface area contributed by atoms with E-state index in [1.807, 2.05) is 21.0 Å². The van der Waals surface area contributed by atoms with Crippen LogP contribution >= 0.6 is 12.9 Å². The fraction of sp³-hybridized carbons (Fsp3) is 0.875. The zero-order valence-electron chi connectivity index (χ0n) is 8.58. The number of nitrogens with one attached hydrogen (secondary N) is 1. The van der Waals surface area contributed by atoms with Gasteiger partial charge in [0.15, 0.2) is 0 Å². The fourth-order valence-electron chi connectivity index (χ4n) is 0.836. The molecule has 4 nitrogen and oxygen atoms in total. The van der Waals surface area contributed by atoms with Crippen LogP contribution in [0, 0.1) is 0 Å². The molecule has 0 amide bonds. The van der Waals surface area contributed by atoms with E-state index >= 15 is 0 Å². The maximum absolute atomic E-state index is 4.72. The lowest BCUT2D eigenvalue weighted by Gasteiger charge is -2.08. The third-order valence-corrected chi connectivity index (χ3v) is 1.61. The Labute approximate surface area is 86.0 Å². The highest BCUT2D eigenvalue weighted by molar-refractivity contribution is 7.75. The van der Waals surface area contributed by atoms with E-state index in [1.54, 1.807) is 0 Å². The predicted molar refractivity (Wildman–Crippen MR) is 59.2 cm³/mol. The first-order chi connectivity index (χ1) is 6.20. The summed E-state index contributed by atoms with van der Waals surface area (Å²) in [5, 5.41) is 2.96. The van der Waals surface area contributed by atoms with E-state index in [0.717, 1.165) is 26.1 Å².